The third kappa shape index (κ3) is 3.44. The van der Waals surface area contributed by atoms with E-state index in [1.165, 1.54) is 0 Å². The normalized spacial score (nSPS) is 19.5. The number of rotatable bonds is 2. The standard InChI is InChI=1S/C11H18N4O.ClH/c1-8-7-10(14-15(8)2)13-11(16)9-5-3-4-6-12-9;/h7,9,12H,3-6H2,1-2H3,(H,13,14,16);1H/t9-;/m0./s1. The zero-order valence-electron chi connectivity index (χ0n) is 10.2. The van der Waals surface area contributed by atoms with Gasteiger partial charge in [0.15, 0.2) is 5.82 Å². The van der Waals surface area contributed by atoms with Crippen LogP contribution in [0.4, 0.5) is 5.82 Å². The van der Waals surface area contributed by atoms with Crippen molar-refractivity contribution in [1.29, 1.82) is 0 Å². The fourth-order valence-electron chi connectivity index (χ4n) is 1.91. The summed E-state index contributed by atoms with van der Waals surface area (Å²) in [5.41, 5.74) is 1.03. The summed E-state index contributed by atoms with van der Waals surface area (Å²) in [6, 6.07) is 1.82. The SMILES string of the molecule is Cc1cc(NC(=O)[C@@H]2CCCCN2)nn1C.Cl. The highest BCUT2D eigenvalue weighted by molar-refractivity contribution is 5.94. The number of carbonyl (C=O) groups excluding carboxylic acids is 1. The van der Waals surface area contributed by atoms with Crippen molar-refractivity contribution in [3.63, 3.8) is 0 Å². The molecule has 5 nitrogen and oxygen atoms in total. The summed E-state index contributed by atoms with van der Waals surface area (Å²) >= 11 is 0. The van der Waals surface area contributed by atoms with Crippen molar-refractivity contribution in [2.24, 2.45) is 7.05 Å². The molecule has 0 radical (unpaired) electrons. The van der Waals surface area contributed by atoms with Crippen molar-refractivity contribution in [3.05, 3.63) is 11.8 Å². The number of hydrogen-bond donors (Lipinski definition) is 2. The maximum absolute atomic E-state index is 11.9. The number of halogens is 1. The monoisotopic (exact) mass is 258 g/mol. The van der Waals surface area contributed by atoms with Crippen molar-refractivity contribution < 1.29 is 4.79 Å². The van der Waals surface area contributed by atoms with Gasteiger partial charge in [0.05, 0.1) is 6.04 Å². The maximum atomic E-state index is 11.9. The number of nitrogens with one attached hydrogen (secondary N) is 2. The summed E-state index contributed by atoms with van der Waals surface area (Å²) < 4.78 is 1.75. The Morgan fingerprint density at radius 1 is 1.59 bits per heavy atom. The van der Waals surface area contributed by atoms with Gasteiger partial charge in [-0.2, -0.15) is 5.10 Å². The van der Waals surface area contributed by atoms with Crippen molar-refractivity contribution in [2.45, 2.75) is 32.2 Å². The lowest BCUT2D eigenvalue weighted by molar-refractivity contribution is -0.118. The summed E-state index contributed by atoms with van der Waals surface area (Å²) in [4.78, 5) is 11.9. The van der Waals surface area contributed by atoms with Gasteiger partial charge in [0, 0.05) is 18.8 Å². The molecule has 6 heteroatoms. The number of nitrogens with zero attached hydrogens (tertiary/aromatic N) is 2. The molecular formula is C11H19ClN4O. The lowest BCUT2D eigenvalue weighted by Gasteiger charge is -2.21. The van der Waals surface area contributed by atoms with Gasteiger partial charge in [0.1, 0.15) is 0 Å². The molecule has 0 unspecified atom stereocenters. The lowest BCUT2D eigenvalue weighted by Crippen LogP contribution is -2.43. The molecule has 96 valence electrons. The predicted molar refractivity (Wildman–Crippen MR) is 69.5 cm³/mol. The minimum absolute atomic E-state index is 0. The van der Waals surface area contributed by atoms with E-state index in [1.807, 2.05) is 20.0 Å². The molecule has 0 bridgehead atoms. The topological polar surface area (TPSA) is 59.0 Å². The Hall–Kier alpha value is -1.07. The second-order valence-corrected chi connectivity index (χ2v) is 4.29. The van der Waals surface area contributed by atoms with Gasteiger partial charge in [-0.05, 0) is 26.3 Å². The molecule has 1 aromatic rings. The van der Waals surface area contributed by atoms with Crippen LogP contribution >= 0.6 is 12.4 Å². The van der Waals surface area contributed by atoms with Crippen LogP contribution in [0.5, 0.6) is 0 Å². The van der Waals surface area contributed by atoms with E-state index in [4.69, 9.17) is 0 Å². The summed E-state index contributed by atoms with van der Waals surface area (Å²) in [5, 5.41) is 10.3. The Bertz CT molecular complexity index is 365. The molecule has 17 heavy (non-hydrogen) atoms. The molecule has 0 aliphatic carbocycles. The van der Waals surface area contributed by atoms with Crippen LogP contribution in [0.1, 0.15) is 25.0 Å². The van der Waals surface area contributed by atoms with Crippen molar-refractivity contribution in [2.75, 3.05) is 11.9 Å². The first-order valence-corrected chi connectivity index (χ1v) is 5.72. The number of amides is 1. The lowest BCUT2D eigenvalue weighted by atomic mass is 10.0. The van der Waals surface area contributed by atoms with Gasteiger partial charge in [-0.15, -0.1) is 12.4 Å². The molecule has 0 spiro atoms. The average molecular weight is 259 g/mol. The Labute approximate surface area is 107 Å². The van der Waals surface area contributed by atoms with Crippen molar-refractivity contribution >= 4 is 24.1 Å². The van der Waals surface area contributed by atoms with Crippen LogP contribution in [-0.4, -0.2) is 28.3 Å². The van der Waals surface area contributed by atoms with Crippen LogP contribution in [-0.2, 0) is 11.8 Å². The third-order valence-corrected chi connectivity index (χ3v) is 2.99. The Morgan fingerprint density at radius 3 is 2.88 bits per heavy atom. The first-order chi connectivity index (χ1) is 7.66. The highest BCUT2D eigenvalue weighted by Crippen LogP contribution is 2.11. The van der Waals surface area contributed by atoms with Gasteiger partial charge in [-0.3, -0.25) is 9.48 Å². The molecule has 0 saturated carbocycles. The smallest absolute Gasteiger partial charge is 0.242 e. The number of carbonyl (C=O) groups is 1. The van der Waals surface area contributed by atoms with E-state index in [9.17, 15) is 4.79 Å². The average Bonchev–Trinajstić information content (AvgIpc) is 2.59. The van der Waals surface area contributed by atoms with Crippen LogP contribution in [0.15, 0.2) is 6.07 Å². The molecule has 2 rings (SSSR count). The van der Waals surface area contributed by atoms with E-state index in [0.29, 0.717) is 5.82 Å². The number of piperidine rings is 1. The second kappa shape index (κ2) is 6.02. The third-order valence-electron chi connectivity index (χ3n) is 2.99. The molecule has 1 aromatic heterocycles. The van der Waals surface area contributed by atoms with E-state index >= 15 is 0 Å². The Kier molecular flexibility index (Phi) is 4.96. The maximum Gasteiger partial charge on any atom is 0.242 e. The van der Waals surface area contributed by atoms with Gasteiger partial charge in [-0.25, -0.2) is 0 Å². The Balaban J connectivity index is 0.00000144. The molecule has 1 atom stereocenters. The molecule has 2 N–H and O–H groups in total. The minimum atomic E-state index is -0.0592. The number of hydrogen-bond acceptors (Lipinski definition) is 3. The molecule has 2 heterocycles. The molecule has 1 aliphatic rings. The minimum Gasteiger partial charge on any atom is -0.308 e. The molecular weight excluding hydrogens is 240 g/mol. The van der Waals surface area contributed by atoms with Crippen LogP contribution in [0.3, 0.4) is 0 Å². The number of aryl methyl sites for hydroxylation is 2. The Morgan fingerprint density at radius 2 is 2.35 bits per heavy atom. The molecule has 0 aromatic carbocycles. The van der Waals surface area contributed by atoms with Crippen molar-refractivity contribution in [3.8, 4) is 0 Å². The summed E-state index contributed by atoms with van der Waals surface area (Å²) in [6.07, 6.45) is 3.19. The second-order valence-electron chi connectivity index (χ2n) is 4.29. The molecule has 1 saturated heterocycles. The van der Waals surface area contributed by atoms with E-state index in [2.05, 4.69) is 15.7 Å². The largest absolute Gasteiger partial charge is 0.308 e. The quantitative estimate of drug-likeness (QED) is 0.839. The van der Waals surface area contributed by atoms with Gasteiger partial charge in [0.25, 0.3) is 0 Å². The number of aromatic nitrogens is 2. The van der Waals surface area contributed by atoms with Crippen LogP contribution < -0.4 is 10.6 Å². The van der Waals surface area contributed by atoms with Crippen LogP contribution in [0.2, 0.25) is 0 Å². The van der Waals surface area contributed by atoms with Crippen LogP contribution in [0.25, 0.3) is 0 Å². The van der Waals surface area contributed by atoms with Gasteiger partial charge in [0.2, 0.25) is 5.91 Å². The highest BCUT2D eigenvalue weighted by Gasteiger charge is 2.21. The first kappa shape index (κ1) is 14.0. The zero-order chi connectivity index (χ0) is 11.5. The van der Waals surface area contributed by atoms with Crippen molar-refractivity contribution in [1.82, 2.24) is 15.1 Å². The zero-order valence-corrected chi connectivity index (χ0v) is 11.0. The number of anilines is 1. The molecule has 1 fully saturated rings. The van der Waals surface area contributed by atoms with Gasteiger partial charge < -0.3 is 10.6 Å². The van der Waals surface area contributed by atoms with E-state index in [-0.39, 0.29) is 24.4 Å². The summed E-state index contributed by atoms with van der Waals surface area (Å²) in [7, 11) is 1.86. The molecule has 1 aliphatic heterocycles. The first-order valence-electron chi connectivity index (χ1n) is 5.72. The fourth-order valence-corrected chi connectivity index (χ4v) is 1.91. The fraction of sp³-hybridized carbons (Fsp3) is 0.636. The van der Waals surface area contributed by atoms with E-state index < -0.39 is 0 Å². The van der Waals surface area contributed by atoms with E-state index in [0.717, 1.165) is 31.5 Å². The van der Waals surface area contributed by atoms with E-state index in [1.54, 1.807) is 4.68 Å². The summed E-state index contributed by atoms with van der Waals surface area (Å²) in [5.74, 6) is 0.662. The highest BCUT2D eigenvalue weighted by atomic mass is 35.5. The summed E-state index contributed by atoms with van der Waals surface area (Å²) in [6.45, 7) is 2.89. The van der Waals surface area contributed by atoms with Gasteiger partial charge in [-0.1, -0.05) is 6.42 Å². The molecule has 1 amide bonds. The van der Waals surface area contributed by atoms with Crippen LogP contribution in [0, 0.1) is 6.92 Å². The predicted octanol–water partition coefficient (Wildman–Crippen LogP) is 1.23. The van der Waals surface area contributed by atoms with Gasteiger partial charge >= 0.3 is 0 Å².